The summed E-state index contributed by atoms with van der Waals surface area (Å²) in [7, 11) is 1.82. The molecule has 0 atom stereocenters. The Morgan fingerprint density at radius 2 is 2.06 bits per heavy atom. The minimum Gasteiger partial charge on any atom is -0.393 e. The van der Waals surface area contributed by atoms with Gasteiger partial charge in [-0.15, -0.1) is 5.10 Å². The number of ether oxygens (including phenoxy) is 1. The summed E-state index contributed by atoms with van der Waals surface area (Å²) in [6.45, 7) is 6.18. The molecule has 0 bridgehead atoms. The first-order valence-electron chi connectivity index (χ1n) is 10.7. The fourth-order valence-electron chi connectivity index (χ4n) is 3.49. The van der Waals surface area contributed by atoms with Gasteiger partial charge in [-0.1, -0.05) is 13.8 Å². The van der Waals surface area contributed by atoms with E-state index in [0.717, 1.165) is 47.3 Å². The quantitative estimate of drug-likeness (QED) is 0.401. The zero-order valence-electron chi connectivity index (χ0n) is 18.6. The lowest BCUT2D eigenvalue weighted by Gasteiger charge is -2.30. The molecule has 1 aliphatic heterocycles. The average Bonchev–Trinajstić information content (AvgIpc) is 2.82. The molecule has 0 aromatic carbocycles. The number of fused-ring (bicyclic) bond motifs is 1. The number of hydrogen-bond donors (Lipinski definition) is 3. The Morgan fingerprint density at radius 3 is 2.81 bits per heavy atom. The number of anilines is 2. The number of hydrogen-bond acceptors (Lipinski definition) is 8. The van der Waals surface area contributed by atoms with Gasteiger partial charge in [0.2, 0.25) is 0 Å². The van der Waals surface area contributed by atoms with E-state index in [9.17, 15) is 0 Å². The molecule has 0 unspecified atom stereocenters. The summed E-state index contributed by atoms with van der Waals surface area (Å²) in [6, 6.07) is 7.72. The van der Waals surface area contributed by atoms with Crippen LogP contribution in [0.1, 0.15) is 37.3 Å². The minimum absolute atomic E-state index is 0.361. The standard InChI is InChI=1S/C23H28N8O/c1-15(2)16-10-22(30-27-12-16)29-21-6-5-19-20(28-21)9-17(11-26-19)18(13-25-3)23(24)31-7-4-8-32-14-31/h5-6,9-13,15,24-25H,4,7-8,14H2,1-3H3,(H,28,29,30)/b18-13-,24-23?. The molecule has 1 aliphatic rings. The van der Waals surface area contributed by atoms with Gasteiger partial charge in [-0.3, -0.25) is 10.4 Å². The van der Waals surface area contributed by atoms with E-state index in [1.54, 1.807) is 12.4 Å². The van der Waals surface area contributed by atoms with Gasteiger partial charge in [0, 0.05) is 37.1 Å². The molecule has 9 nitrogen and oxygen atoms in total. The Labute approximate surface area is 187 Å². The van der Waals surface area contributed by atoms with Crippen LogP contribution in [0.15, 0.2) is 42.9 Å². The topological polar surface area (TPSA) is 112 Å². The fourth-order valence-corrected chi connectivity index (χ4v) is 3.49. The van der Waals surface area contributed by atoms with Crippen LogP contribution >= 0.6 is 0 Å². The Kier molecular flexibility index (Phi) is 6.55. The molecule has 32 heavy (non-hydrogen) atoms. The monoisotopic (exact) mass is 432 g/mol. The largest absolute Gasteiger partial charge is 0.393 e. The van der Waals surface area contributed by atoms with Gasteiger partial charge in [0.05, 0.1) is 23.8 Å². The Bertz CT molecular complexity index is 1140. The smallest absolute Gasteiger partial charge is 0.154 e. The van der Waals surface area contributed by atoms with Crippen molar-refractivity contribution >= 4 is 34.1 Å². The summed E-state index contributed by atoms with van der Waals surface area (Å²) in [4.78, 5) is 11.2. The molecular weight excluding hydrogens is 404 g/mol. The molecule has 3 aromatic rings. The Hall–Kier alpha value is -3.59. The van der Waals surface area contributed by atoms with Crippen LogP contribution in [0.3, 0.4) is 0 Å². The average molecular weight is 433 g/mol. The van der Waals surface area contributed by atoms with Crippen molar-refractivity contribution in [2.45, 2.75) is 26.2 Å². The lowest BCUT2D eigenvalue weighted by molar-refractivity contribution is 0.0245. The number of nitrogens with one attached hydrogen (secondary N) is 3. The highest BCUT2D eigenvalue weighted by Crippen LogP contribution is 2.23. The number of amidine groups is 1. The van der Waals surface area contributed by atoms with Crippen molar-refractivity contribution in [2.75, 3.05) is 32.2 Å². The summed E-state index contributed by atoms with van der Waals surface area (Å²) in [6.07, 6.45) is 6.27. The van der Waals surface area contributed by atoms with Crippen LogP contribution in [0.4, 0.5) is 11.6 Å². The van der Waals surface area contributed by atoms with Crippen LogP contribution in [0.25, 0.3) is 16.6 Å². The van der Waals surface area contributed by atoms with Crippen LogP contribution in [-0.2, 0) is 4.74 Å². The highest BCUT2D eigenvalue weighted by molar-refractivity contribution is 6.21. The molecule has 0 aliphatic carbocycles. The van der Waals surface area contributed by atoms with Crippen molar-refractivity contribution in [2.24, 2.45) is 0 Å². The van der Waals surface area contributed by atoms with Crippen molar-refractivity contribution in [3.8, 4) is 0 Å². The van der Waals surface area contributed by atoms with Crippen molar-refractivity contribution in [1.29, 1.82) is 5.41 Å². The molecule has 0 amide bonds. The molecule has 3 N–H and O–H groups in total. The van der Waals surface area contributed by atoms with E-state index in [1.165, 1.54) is 0 Å². The summed E-state index contributed by atoms with van der Waals surface area (Å²) in [5, 5.41) is 23.2. The van der Waals surface area contributed by atoms with Crippen LogP contribution < -0.4 is 10.6 Å². The third-order valence-electron chi connectivity index (χ3n) is 5.27. The summed E-state index contributed by atoms with van der Waals surface area (Å²) in [5.74, 6) is 2.07. The molecule has 3 aromatic heterocycles. The van der Waals surface area contributed by atoms with Gasteiger partial charge in [-0.25, -0.2) is 4.98 Å². The predicted molar refractivity (Wildman–Crippen MR) is 126 cm³/mol. The summed E-state index contributed by atoms with van der Waals surface area (Å²) >= 11 is 0. The van der Waals surface area contributed by atoms with E-state index in [4.69, 9.17) is 15.1 Å². The molecular formula is C23H28N8O. The van der Waals surface area contributed by atoms with Gasteiger partial charge < -0.3 is 20.3 Å². The molecule has 0 spiro atoms. The van der Waals surface area contributed by atoms with Gasteiger partial charge in [-0.2, -0.15) is 5.10 Å². The van der Waals surface area contributed by atoms with E-state index in [-0.39, 0.29) is 0 Å². The van der Waals surface area contributed by atoms with E-state index in [0.29, 0.717) is 30.1 Å². The Morgan fingerprint density at radius 1 is 1.19 bits per heavy atom. The van der Waals surface area contributed by atoms with Crippen LogP contribution in [0, 0.1) is 5.41 Å². The van der Waals surface area contributed by atoms with Crippen LogP contribution in [0.5, 0.6) is 0 Å². The third-order valence-corrected chi connectivity index (χ3v) is 5.27. The van der Waals surface area contributed by atoms with Crippen molar-refractivity contribution < 1.29 is 4.74 Å². The number of aromatic nitrogens is 4. The fraction of sp³-hybridized carbons (Fsp3) is 0.348. The van der Waals surface area contributed by atoms with Crippen LogP contribution in [-0.4, -0.2) is 57.8 Å². The maximum atomic E-state index is 8.70. The van der Waals surface area contributed by atoms with Gasteiger partial charge in [-0.05, 0) is 42.2 Å². The SMILES string of the molecule is CN/C=C(\C(=N)N1CCCOC1)c1cnc2ccc(Nc3cc(C(C)C)cnn3)nc2c1. The first-order chi connectivity index (χ1) is 15.5. The molecule has 1 saturated heterocycles. The summed E-state index contributed by atoms with van der Waals surface area (Å²) in [5.41, 5.74) is 4.16. The molecule has 1 fully saturated rings. The molecule has 0 saturated carbocycles. The Balaban J connectivity index is 1.63. The molecule has 4 rings (SSSR count). The molecule has 0 radical (unpaired) electrons. The minimum atomic E-state index is 0.361. The van der Waals surface area contributed by atoms with Gasteiger partial charge >= 0.3 is 0 Å². The van der Waals surface area contributed by atoms with Crippen LogP contribution in [0.2, 0.25) is 0 Å². The van der Waals surface area contributed by atoms with E-state index < -0.39 is 0 Å². The second kappa shape index (κ2) is 9.69. The number of nitrogens with zero attached hydrogens (tertiary/aromatic N) is 5. The lowest BCUT2D eigenvalue weighted by atomic mass is 10.1. The van der Waals surface area contributed by atoms with Crippen molar-refractivity contribution in [1.82, 2.24) is 30.4 Å². The normalized spacial score (nSPS) is 14.6. The predicted octanol–water partition coefficient (Wildman–Crippen LogP) is 3.50. The molecule has 9 heteroatoms. The summed E-state index contributed by atoms with van der Waals surface area (Å²) < 4.78 is 5.52. The first-order valence-corrected chi connectivity index (χ1v) is 10.7. The molecule has 4 heterocycles. The van der Waals surface area contributed by atoms with Gasteiger partial charge in [0.25, 0.3) is 0 Å². The zero-order valence-corrected chi connectivity index (χ0v) is 18.6. The van der Waals surface area contributed by atoms with Gasteiger partial charge in [0.1, 0.15) is 18.4 Å². The highest BCUT2D eigenvalue weighted by atomic mass is 16.5. The van der Waals surface area contributed by atoms with E-state index in [2.05, 4.69) is 39.7 Å². The zero-order chi connectivity index (χ0) is 22.5. The van der Waals surface area contributed by atoms with Gasteiger partial charge in [0.15, 0.2) is 5.82 Å². The van der Waals surface area contributed by atoms with E-state index in [1.807, 2.05) is 42.4 Å². The third kappa shape index (κ3) is 4.83. The number of pyridine rings is 2. The number of rotatable bonds is 6. The van der Waals surface area contributed by atoms with Crippen molar-refractivity contribution in [3.05, 3.63) is 54.0 Å². The second-order valence-electron chi connectivity index (χ2n) is 7.96. The second-order valence-corrected chi connectivity index (χ2v) is 7.96. The highest BCUT2D eigenvalue weighted by Gasteiger charge is 2.19. The first kappa shape index (κ1) is 21.6. The maximum Gasteiger partial charge on any atom is 0.154 e. The lowest BCUT2D eigenvalue weighted by Crippen LogP contribution is -2.38. The van der Waals surface area contributed by atoms with Crippen molar-refractivity contribution in [3.63, 3.8) is 0 Å². The molecule has 166 valence electrons. The maximum absolute atomic E-state index is 8.70. The van der Waals surface area contributed by atoms with E-state index >= 15 is 0 Å².